The molecule has 1 aliphatic rings. The zero-order chi connectivity index (χ0) is 23.9. The van der Waals surface area contributed by atoms with Crippen LogP contribution in [0.25, 0.3) is 16.5 Å². The monoisotopic (exact) mass is 491 g/mol. The van der Waals surface area contributed by atoms with Crippen LogP contribution in [-0.4, -0.2) is 22.1 Å². The molecule has 0 aliphatic heterocycles. The van der Waals surface area contributed by atoms with Gasteiger partial charge in [-0.1, -0.05) is 12.1 Å². The summed E-state index contributed by atoms with van der Waals surface area (Å²) in [6.07, 6.45) is 6.02. The Morgan fingerprint density at radius 2 is 2.03 bits per heavy atom. The van der Waals surface area contributed by atoms with E-state index in [0.29, 0.717) is 38.5 Å². The summed E-state index contributed by atoms with van der Waals surface area (Å²) in [6.45, 7) is 1.40. The minimum absolute atomic E-state index is 0.0112. The SMILES string of the molecule is CC1(S(=O)(=O)n2ccc3cc(Oc4cccc(C#N)c4)ccc32)CC=C(c2nccs2)C=C1F. The van der Waals surface area contributed by atoms with Crippen molar-refractivity contribution in [3.63, 3.8) is 0 Å². The van der Waals surface area contributed by atoms with Crippen molar-refractivity contribution in [1.82, 2.24) is 8.96 Å². The number of nitrogens with zero attached hydrogens (tertiary/aromatic N) is 3. The largest absolute Gasteiger partial charge is 0.457 e. The maximum absolute atomic E-state index is 15.3. The Morgan fingerprint density at radius 1 is 1.21 bits per heavy atom. The van der Waals surface area contributed by atoms with E-state index in [9.17, 15) is 8.42 Å². The number of hydrogen-bond acceptors (Lipinski definition) is 6. The van der Waals surface area contributed by atoms with E-state index in [1.165, 1.54) is 30.5 Å². The van der Waals surface area contributed by atoms with Crippen LogP contribution in [0.1, 0.15) is 23.9 Å². The highest BCUT2D eigenvalue weighted by molar-refractivity contribution is 7.91. The zero-order valence-electron chi connectivity index (χ0n) is 18.0. The van der Waals surface area contributed by atoms with E-state index in [0.717, 1.165) is 3.97 Å². The fourth-order valence-corrected chi connectivity index (χ4v) is 6.17. The summed E-state index contributed by atoms with van der Waals surface area (Å²) < 4.78 is 47.7. The minimum atomic E-state index is -4.13. The summed E-state index contributed by atoms with van der Waals surface area (Å²) >= 11 is 1.37. The average molecular weight is 492 g/mol. The molecule has 0 saturated carbocycles. The number of aromatic nitrogens is 2. The van der Waals surface area contributed by atoms with Crippen LogP contribution < -0.4 is 4.74 Å². The van der Waals surface area contributed by atoms with Gasteiger partial charge in [0.25, 0.3) is 10.0 Å². The summed E-state index contributed by atoms with van der Waals surface area (Å²) in [7, 11) is -4.13. The molecule has 0 spiro atoms. The van der Waals surface area contributed by atoms with Crippen LogP contribution in [0.15, 0.2) is 84.3 Å². The van der Waals surface area contributed by atoms with Gasteiger partial charge in [-0.2, -0.15) is 5.26 Å². The van der Waals surface area contributed by atoms with Crippen LogP contribution in [0.2, 0.25) is 0 Å². The van der Waals surface area contributed by atoms with Crippen molar-refractivity contribution in [2.24, 2.45) is 0 Å². The third-order valence-corrected chi connectivity index (χ3v) is 8.99. The van der Waals surface area contributed by atoms with Gasteiger partial charge in [0.2, 0.25) is 0 Å². The smallest absolute Gasteiger partial charge is 0.251 e. The molecule has 0 N–H and O–H groups in total. The first-order chi connectivity index (χ1) is 16.3. The lowest BCUT2D eigenvalue weighted by Crippen LogP contribution is -2.40. The Hall–Kier alpha value is -3.74. The van der Waals surface area contributed by atoms with E-state index < -0.39 is 20.6 Å². The maximum atomic E-state index is 15.3. The number of thiazole rings is 1. The summed E-state index contributed by atoms with van der Waals surface area (Å²) in [5, 5.41) is 12.1. The van der Waals surface area contributed by atoms with Gasteiger partial charge in [0.15, 0.2) is 0 Å². The van der Waals surface area contributed by atoms with Gasteiger partial charge in [0, 0.05) is 28.7 Å². The van der Waals surface area contributed by atoms with E-state index in [2.05, 4.69) is 11.1 Å². The first kappa shape index (κ1) is 22.1. The summed E-state index contributed by atoms with van der Waals surface area (Å²) in [6, 6.07) is 15.4. The van der Waals surface area contributed by atoms with Crippen molar-refractivity contribution < 1.29 is 17.5 Å². The average Bonchev–Trinajstić information content (AvgIpc) is 3.51. The number of fused-ring (bicyclic) bond motifs is 1. The topological polar surface area (TPSA) is 85.0 Å². The quantitative estimate of drug-likeness (QED) is 0.340. The number of hydrogen-bond donors (Lipinski definition) is 0. The van der Waals surface area contributed by atoms with Gasteiger partial charge in [-0.15, -0.1) is 11.3 Å². The van der Waals surface area contributed by atoms with Gasteiger partial charge in [0.05, 0.1) is 17.1 Å². The third kappa shape index (κ3) is 3.61. The van der Waals surface area contributed by atoms with E-state index in [1.54, 1.807) is 66.2 Å². The van der Waals surface area contributed by atoms with Gasteiger partial charge in [-0.3, -0.25) is 0 Å². The van der Waals surface area contributed by atoms with Crippen LogP contribution >= 0.6 is 11.3 Å². The van der Waals surface area contributed by atoms with Crippen LogP contribution in [0, 0.1) is 11.3 Å². The number of ether oxygens (including phenoxy) is 1. The van der Waals surface area contributed by atoms with Gasteiger partial charge in [-0.25, -0.2) is 21.8 Å². The molecule has 2 heterocycles. The van der Waals surface area contributed by atoms with Crippen molar-refractivity contribution in [2.75, 3.05) is 0 Å². The number of rotatable bonds is 5. The number of allylic oxidation sites excluding steroid dienone is 3. The highest BCUT2D eigenvalue weighted by atomic mass is 32.2. The Labute approximate surface area is 199 Å². The Morgan fingerprint density at radius 3 is 2.76 bits per heavy atom. The predicted molar refractivity (Wildman–Crippen MR) is 130 cm³/mol. The lowest BCUT2D eigenvalue weighted by molar-refractivity contribution is 0.478. The third-order valence-electron chi connectivity index (χ3n) is 5.83. The molecule has 6 nitrogen and oxygen atoms in total. The fraction of sp³-hybridized carbons (Fsp3) is 0.120. The Kier molecular flexibility index (Phi) is 5.35. The van der Waals surface area contributed by atoms with E-state index in [4.69, 9.17) is 10.00 Å². The molecule has 2 aromatic carbocycles. The van der Waals surface area contributed by atoms with Crippen molar-refractivity contribution in [2.45, 2.75) is 18.1 Å². The van der Waals surface area contributed by atoms with Crippen LogP contribution in [0.3, 0.4) is 0 Å². The lowest BCUT2D eigenvalue weighted by Gasteiger charge is -2.30. The molecule has 5 rings (SSSR count). The number of halogens is 1. The molecule has 0 bridgehead atoms. The standard InChI is InChI=1S/C25H18FN3O3S2/c1-25(9-7-19(15-23(25)26)24-28-10-12-33-24)34(30,31)29-11-8-18-14-21(5-6-22(18)29)32-20-4-2-3-17(13-20)16-27/h2-8,10-15H,9H2,1H3. The molecule has 2 aromatic heterocycles. The zero-order valence-corrected chi connectivity index (χ0v) is 19.6. The molecule has 34 heavy (non-hydrogen) atoms. The molecule has 0 radical (unpaired) electrons. The molecule has 9 heteroatoms. The molecule has 170 valence electrons. The van der Waals surface area contributed by atoms with Crippen LogP contribution in [-0.2, 0) is 10.0 Å². The second kappa shape index (κ2) is 8.24. The first-order valence-electron chi connectivity index (χ1n) is 10.3. The highest BCUT2D eigenvalue weighted by Gasteiger charge is 2.46. The molecule has 1 atom stereocenters. The van der Waals surface area contributed by atoms with E-state index >= 15 is 4.39 Å². The predicted octanol–water partition coefficient (Wildman–Crippen LogP) is 6.04. The Balaban J connectivity index is 1.47. The summed E-state index contributed by atoms with van der Waals surface area (Å²) in [5.74, 6) is 0.262. The fourth-order valence-electron chi connectivity index (χ4n) is 3.84. The van der Waals surface area contributed by atoms with Gasteiger partial charge in [-0.05, 0) is 61.9 Å². The van der Waals surface area contributed by atoms with Gasteiger partial charge >= 0.3 is 0 Å². The van der Waals surface area contributed by atoms with Gasteiger partial charge < -0.3 is 4.74 Å². The Bertz CT molecular complexity index is 1610. The van der Waals surface area contributed by atoms with Crippen molar-refractivity contribution in [3.05, 3.63) is 94.9 Å². The highest BCUT2D eigenvalue weighted by Crippen LogP contribution is 2.41. The van der Waals surface area contributed by atoms with E-state index in [-0.39, 0.29) is 6.42 Å². The summed E-state index contributed by atoms with van der Waals surface area (Å²) in [5.41, 5.74) is 1.47. The number of benzene rings is 2. The molecule has 1 aliphatic carbocycles. The molecule has 4 aromatic rings. The molecular formula is C25H18FN3O3S2. The molecular weight excluding hydrogens is 473 g/mol. The molecule has 1 unspecified atom stereocenters. The van der Waals surface area contributed by atoms with Crippen molar-refractivity contribution in [3.8, 4) is 17.6 Å². The van der Waals surface area contributed by atoms with Crippen LogP contribution in [0.5, 0.6) is 11.5 Å². The maximum Gasteiger partial charge on any atom is 0.251 e. The second-order valence-corrected chi connectivity index (χ2v) is 11.1. The number of nitriles is 1. The van der Waals surface area contributed by atoms with Gasteiger partial charge in [0.1, 0.15) is 27.1 Å². The normalized spacial score (nSPS) is 18.3. The molecule has 0 saturated heterocycles. The summed E-state index contributed by atoms with van der Waals surface area (Å²) in [4.78, 5) is 4.18. The van der Waals surface area contributed by atoms with Crippen molar-refractivity contribution in [1.29, 1.82) is 5.26 Å². The minimum Gasteiger partial charge on any atom is -0.457 e. The first-order valence-corrected chi connectivity index (χ1v) is 12.7. The van der Waals surface area contributed by atoms with E-state index in [1.807, 2.05) is 0 Å². The molecule has 0 fully saturated rings. The van der Waals surface area contributed by atoms with Crippen LogP contribution in [0.4, 0.5) is 4.39 Å². The van der Waals surface area contributed by atoms with Crippen molar-refractivity contribution >= 4 is 37.8 Å². The lowest BCUT2D eigenvalue weighted by atomic mass is 9.96. The molecule has 0 amide bonds. The second-order valence-electron chi connectivity index (χ2n) is 8.00.